The number of fused-ring (bicyclic) bond motifs is 1. The minimum Gasteiger partial charge on any atom is -0.369 e. The quantitative estimate of drug-likeness (QED) is 0.611. The van der Waals surface area contributed by atoms with Crippen LogP contribution in [0.1, 0.15) is 18.4 Å². The number of benzene rings is 2. The van der Waals surface area contributed by atoms with Crippen LogP contribution in [0.2, 0.25) is 5.02 Å². The van der Waals surface area contributed by atoms with Crippen LogP contribution in [0.15, 0.2) is 60.8 Å². The highest BCUT2D eigenvalue weighted by Crippen LogP contribution is 2.25. The van der Waals surface area contributed by atoms with E-state index in [-0.39, 0.29) is 0 Å². The predicted octanol–water partition coefficient (Wildman–Crippen LogP) is 4.67. The van der Waals surface area contributed by atoms with Gasteiger partial charge in [0, 0.05) is 67.6 Å². The molecule has 2 aliphatic rings. The fourth-order valence-corrected chi connectivity index (χ4v) is 5.21. The van der Waals surface area contributed by atoms with Crippen molar-refractivity contribution in [3.8, 4) is 0 Å². The lowest BCUT2D eigenvalue weighted by molar-refractivity contribution is 0.0890. The number of piperazine rings is 1. The molecule has 0 amide bonds. The van der Waals surface area contributed by atoms with E-state index < -0.39 is 0 Å². The Bertz CT molecular complexity index is 994. The topological polar surface area (TPSA) is 22.6 Å². The molecule has 2 aliphatic heterocycles. The van der Waals surface area contributed by atoms with Crippen molar-refractivity contribution in [2.24, 2.45) is 0 Å². The van der Waals surface area contributed by atoms with Crippen LogP contribution in [-0.2, 0) is 6.54 Å². The van der Waals surface area contributed by atoms with Crippen molar-refractivity contribution in [3.63, 3.8) is 0 Å². The molecule has 2 fully saturated rings. The molecule has 2 saturated heterocycles. The number of pyridine rings is 1. The van der Waals surface area contributed by atoms with Gasteiger partial charge in [-0.2, -0.15) is 0 Å². The molecular formula is C25H29ClN4. The molecule has 1 atom stereocenters. The first-order chi connectivity index (χ1) is 14.8. The minimum absolute atomic E-state index is 0.656. The van der Waals surface area contributed by atoms with E-state index in [9.17, 15) is 0 Å². The van der Waals surface area contributed by atoms with Gasteiger partial charge in [-0.3, -0.25) is 14.8 Å². The largest absolute Gasteiger partial charge is 0.369 e. The first-order valence-electron chi connectivity index (χ1n) is 11.1. The van der Waals surface area contributed by atoms with E-state index in [4.69, 9.17) is 11.6 Å². The van der Waals surface area contributed by atoms with Gasteiger partial charge in [-0.05, 0) is 49.2 Å². The third kappa shape index (κ3) is 4.31. The molecule has 0 unspecified atom stereocenters. The van der Waals surface area contributed by atoms with Crippen LogP contribution in [-0.4, -0.2) is 60.1 Å². The van der Waals surface area contributed by atoms with Gasteiger partial charge in [-0.1, -0.05) is 41.9 Å². The smallest absolute Gasteiger partial charge is 0.0746 e. The van der Waals surface area contributed by atoms with E-state index in [1.54, 1.807) is 0 Å². The molecule has 3 aromatic rings. The highest BCUT2D eigenvalue weighted by atomic mass is 35.5. The summed E-state index contributed by atoms with van der Waals surface area (Å²) in [6.45, 7) is 7.73. The summed E-state index contributed by atoms with van der Waals surface area (Å²) in [5.74, 6) is 0. The summed E-state index contributed by atoms with van der Waals surface area (Å²) in [4.78, 5) is 12.4. The number of hydrogen-bond acceptors (Lipinski definition) is 4. The SMILES string of the molecule is Clc1cccc(N2CCN([C@H]3CCCN(Cc4cccc5cccnc45)C3)CC2)c1. The molecule has 0 saturated carbocycles. The highest BCUT2D eigenvalue weighted by molar-refractivity contribution is 6.30. The van der Waals surface area contributed by atoms with Gasteiger partial charge in [0.15, 0.2) is 0 Å². The number of piperidine rings is 1. The van der Waals surface area contributed by atoms with Crippen LogP contribution in [0.25, 0.3) is 10.9 Å². The van der Waals surface area contributed by atoms with Gasteiger partial charge >= 0.3 is 0 Å². The molecule has 5 rings (SSSR count). The van der Waals surface area contributed by atoms with Gasteiger partial charge in [0.25, 0.3) is 0 Å². The maximum Gasteiger partial charge on any atom is 0.0746 e. The van der Waals surface area contributed by atoms with Crippen LogP contribution in [0.4, 0.5) is 5.69 Å². The highest BCUT2D eigenvalue weighted by Gasteiger charge is 2.28. The lowest BCUT2D eigenvalue weighted by atomic mass is 10.0. The van der Waals surface area contributed by atoms with Crippen molar-refractivity contribution in [3.05, 3.63) is 71.4 Å². The van der Waals surface area contributed by atoms with Gasteiger partial charge in [0.2, 0.25) is 0 Å². The Balaban J connectivity index is 1.21. The van der Waals surface area contributed by atoms with Gasteiger partial charge in [0.05, 0.1) is 5.52 Å². The average Bonchev–Trinajstić information content (AvgIpc) is 2.80. The molecule has 0 spiro atoms. The maximum atomic E-state index is 6.19. The molecule has 0 aliphatic carbocycles. The zero-order valence-corrected chi connectivity index (χ0v) is 18.1. The van der Waals surface area contributed by atoms with Crippen LogP contribution < -0.4 is 4.90 Å². The molecule has 156 valence electrons. The second kappa shape index (κ2) is 8.93. The number of likely N-dealkylation sites (tertiary alicyclic amines) is 1. The summed E-state index contributed by atoms with van der Waals surface area (Å²) in [5.41, 5.74) is 3.74. The summed E-state index contributed by atoms with van der Waals surface area (Å²) in [6, 6.07) is 19.6. The monoisotopic (exact) mass is 420 g/mol. The fourth-order valence-electron chi connectivity index (χ4n) is 5.03. The Morgan fingerprint density at radius 1 is 0.933 bits per heavy atom. The van der Waals surface area contributed by atoms with E-state index in [0.29, 0.717) is 6.04 Å². The van der Waals surface area contributed by atoms with E-state index in [2.05, 4.69) is 56.1 Å². The van der Waals surface area contributed by atoms with E-state index in [1.165, 1.54) is 36.0 Å². The minimum atomic E-state index is 0.656. The number of hydrogen-bond donors (Lipinski definition) is 0. The second-order valence-corrected chi connectivity index (χ2v) is 8.96. The van der Waals surface area contributed by atoms with Gasteiger partial charge in [-0.25, -0.2) is 0 Å². The molecule has 30 heavy (non-hydrogen) atoms. The number of halogens is 1. The van der Waals surface area contributed by atoms with Crippen molar-refractivity contribution in [1.82, 2.24) is 14.8 Å². The van der Waals surface area contributed by atoms with E-state index >= 15 is 0 Å². The first kappa shape index (κ1) is 19.8. The maximum absolute atomic E-state index is 6.19. The third-order valence-corrected chi connectivity index (χ3v) is 6.83. The first-order valence-corrected chi connectivity index (χ1v) is 11.4. The van der Waals surface area contributed by atoms with E-state index in [1.807, 2.05) is 24.4 Å². The zero-order valence-electron chi connectivity index (χ0n) is 17.4. The average molecular weight is 421 g/mol. The summed E-state index contributed by atoms with van der Waals surface area (Å²) in [7, 11) is 0. The van der Waals surface area contributed by atoms with Crippen LogP contribution in [0.3, 0.4) is 0 Å². The molecular weight excluding hydrogens is 392 g/mol. The molecule has 3 heterocycles. The Morgan fingerprint density at radius 2 is 1.77 bits per heavy atom. The van der Waals surface area contributed by atoms with Crippen LogP contribution in [0, 0.1) is 0 Å². The summed E-state index contributed by atoms with van der Waals surface area (Å²) < 4.78 is 0. The third-order valence-electron chi connectivity index (χ3n) is 6.59. The number of aromatic nitrogens is 1. The van der Waals surface area contributed by atoms with Crippen molar-refractivity contribution in [2.45, 2.75) is 25.4 Å². The lowest BCUT2D eigenvalue weighted by Gasteiger charge is -2.44. The van der Waals surface area contributed by atoms with Gasteiger partial charge < -0.3 is 4.90 Å². The van der Waals surface area contributed by atoms with Crippen molar-refractivity contribution < 1.29 is 0 Å². The molecule has 0 bridgehead atoms. The normalized spacial score (nSPS) is 21.2. The fraction of sp³-hybridized carbons (Fsp3) is 0.400. The van der Waals surface area contributed by atoms with Crippen molar-refractivity contribution in [1.29, 1.82) is 0 Å². The Hall–Kier alpha value is -2.14. The summed E-state index contributed by atoms with van der Waals surface area (Å²) >= 11 is 6.19. The molecule has 1 aromatic heterocycles. The molecule has 4 nitrogen and oxygen atoms in total. The van der Waals surface area contributed by atoms with Crippen molar-refractivity contribution in [2.75, 3.05) is 44.2 Å². The number of rotatable bonds is 4. The molecule has 0 N–H and O–H groups in total. The number of nitrogens with zero attached hydrogens (tertiary/aromatic N) is 4. The second-order valence-electron chi connectivity index (χ2n) is 8.53. The van der Waals surface area contributed by atoms with Crippen LogP contribution in [0.5, 0.6) is 0 Å². The predicted molar refractivity (Wildman–Crippen MR) is 125 cm³/mol. The van der Waals surface area contributed by atoms with E-state index in [0.717, 1.165) is 49.8 Å². The number of para-hydroxylation sites is 1. The summed E-state index contributed by atoms with van der Waals surface area (Å²) in [5, 5.41) is 2.06. The molecule has 2 aromatic carbocycles. The van der Waals surface area contributed by atoms with Gasteiger partial charge in [-0.15, -0.1) is 0 Å². The standard InChI is InChI=1S/C25H29ClN4/c26-22-8-2-9-23(17-22)29-13-15-30(16-14-29)24-10-4-12-28(19-24)18-21-6-1-5-20-7-3-11-27-25(20)21/h1-3,5-9,11,17,24H,4,10,12-16,18-19H2/t24-/m0/s1. The summed E-state index contributed by atoms with van der Waals surface area (Å²) in [6.07, 6.45) is 4.49. The van der Waals surface area contributed by atoms with Gasteiger partial charge in [0.1, 0.15) is 0 Å². The Kier molecular flexibility index (Phi) is 5.89. The van der Waals surface area contributed by atoms with Crippen molar-refractivity contribution >= 4 is 28.2 Å². The van der Waals surface area contributed by atoms with Crippen LogP contribution >= 0.6 is 11.6 Å². The Labute approximate surface area is 184 Å². The number of anilines is 1. The molecule has 5 heteroatoms. The molecule has 0 radical (unpaired) electrons. The Morgan fingerprint density at radius 3 is 2.63 bits per heavy atom. The zero-order chi connectivity index (χ0) is 20.3. The lowest BCUT2D eigenvalue weighted by Crippen LogP contribution is -2.55.